The molecule has 0 aliphatic carbocycles. The van der Waals surface area contributed by atoms with Gasteiger partial charge in [0, 0.05) is 25.2 Å². The number of aliphatic hydroxyl groups excluding tert-OH is 1. The Hall–Kier alpha value is -0.120. The highest BCUT2D eigenvalue weighted by Crippen LogP contribution is 2.05. The SMILES string of the molecule is CCNC(CO)CN(CC(C)C)C(C)C. The topological polar surface area (TPSA) is 35.5 Å². The van der Waals surface area contributed by atoms with E-state index in [0.717, 1.165) is 19.6 Å². The highest BCUT2D eigenvalue weighted by Gasteiger charge is 2.16. The molecular weight excluding hydrogens is 188 g/mol. The van der Waals surface area contributed by atoms with Crippen molar-refractivity contribution < 1.29 is 5.11 Å². The van der Waals surface area contributed by atoms with Crippen LogP contribution in [-0.2, 0) is 0 Å². The van der Waals surface area contributed by atoms with Gasteiger partial charge in [-0.05, 0) is 26.3 Å². The van der Waals surface area contributed by atoms with Crippen LogP contribution in [0.3, 0.4) is 0 Å². The minimum absolute atomic E-state index is 0.205. The first-order valence-corrected chi connectivity index (χ1v) is 6.09. The molecule has 3 nitrogen and oxygen atoms in total. The lowest BCUT2D eigenvalue weighted by Crippen LogP contribution is -2.46. The van der Waals surface area contributed by atoms with Gasteiger partial charge < -0.3 is 10.4 Å². The Balaban J connectivity index is 4.12. The first-order chi connectivity index (χ1) is 7.01. The van der Waals surface area contributed by atoms with E-state index in [2.05, 4.69) is 44.8 Å². The molecule has 0 bridgehead atoms. The lowest BCUT2D eigenvalue weighted by Gasteiger charge is -2.31. The molecule has 0 radical (unpaired) electrons. The highest BCUT2D eigenvalue weighted by molar-refractivity contribution is 4.74. The second-order valence-electron chi connectivity index (χ2n) is 4.88. The van der Waals surface area contributed by atoms with Gasteiger partial charge in [0.1, 0.15) is 0 Å². The minimum atomic E-state index is 0.205. The van der Waals surface area contributed by atoms with Crippen molar-refractivity contribution in [1.82, 2.24) is 10.2 Å². The predicted molar refractivity (Wildman–Crippen MR) is 66.1 cm³/mol. The molecular formula is C12H28N2O. The average Bonchev–Trinajstić information content (AvgIpc) is 2.14. The van der Waals surface area contributed by atoms with Crippen molar-refractivity contribution in [2.24, 2.45) is 5.92 Å². The van der Waals surface area contributed by atoms with Crippen LogP contribution in [0.1, 0.15) is 34.6 Å². The van der Waals surface area contributed by atoms with Gasteiger partial charge in [0.15, 0.2) is 0 Å². The van der Waals surface area contributed by atoms with Crippen LogP contribution < -0.4 is 5.32 Å². The van der Waals surface area contributed by atoms with Crippen molar-refractivity contribution in [3.8, 4) is 0 Å². The fourth-order valence-electron chi connectivity index (χ4n) is 1.72. The molecule has 92 valence electrons. The number of nitrogens with one attached hydrogen (secondary N) is 1. The molecule has 2 N–H and O–H groups in total. The third-order valence-electron chi connectivity index (χ3n) is 2.50. The molecule has 0 saturated heterocycles. The third-order valence-corrected chi connectivity index (χ3v) is 2.50. The predicted octanol–water partition coefficient (Wildman–Crippen LogP) is 1.32. The quantitative estimate of drug-likeness (QED) is 0.642. The molecule has 0 saturated carbocycles. The Bertz CT molecular complexity index is 149. The van der Waals surface area contributed by atoms with Gasteiger partial charge in [-0.1, -0.05) is 20.8 Å². The van der Waals surface area contributed by atoms with Crippen molar-refractivity contribution >= 4 is 0 Å². The van der Waals surface area contributed by atoms with Crippen LogP contribution in [0.2, 0.25) is 0 Å². The summed E-state index contributed by atoms with van der Waals surface area (Å²) in [5.74, 6) is 0.674. The molecule has 0 rings (SSSR count). The van der Waals surface area contributed by atoms with Crippen LogP contribution in [0.15, 0.2) is 0 Å². The Morgan fingerprint density at radius 3 is 2.07 bits per heavy atom. The molecule has 1 atom stereocenters. The fourth-order valence-corrected chi connectivity index (χ4v) is 1.72. The molecule has 1 unspecified atom stereocenters. The summed E-state index contributed by atoms with van der Waals surface area (Å²) in [7, 11) is 0. The summed E-state index contributed by atoms with van der Waals surface area (Å²) in [4.78, 5) is 2.42. The van der Waals surface area contributed by atoms with E-state index >= 15 is 0 Å². The van der Waals surface area contributed by atoms with Crippen LogP contribution >= 0.6 is 0 Å². The van der Waals surface area contributed by atoms with Gasteiger partial charge >= 0.3 is 0 Å². The van der Waals surface area contributed by atoms with Crippen molar-refractivity contribution in [2.75, 3.05) is 26.2 Å². The van der Waals surface area contributed by atoms with Crippen molar-refractivity contribution in [3.63, 3.8) is 0 Å². The van der Waals surface area contributed by atoms with E-state index in [4.69, 9.17) is 0 Å². The summed E-state index contributed by atoms with van der Waals surface area (Å²) in [6.45, 7) is 14.1. The number of nitrogens with zero attached hydrogens (tertiary/aromatic N) is 1. The largest absolute Gasteiger partial charge is 0.395 e. The molecule has 0 amide bonds. The summed E-state index contributed by atoms with van der Waals surface area (Å²) in [5, 5.41) is 12.5. The van der Waals surface area contributed by atoms with Gasteiger partial charge in [0.05, 0.1) is 6.61 Å². The number of hydrogen-bond acceptors (Lipinski definition) is 3. The molecule has 0 aromatic carbocycles. The van der Waals surface area contributed by atoms with Crippen molar-refractivity contribution in [2.45, 2.75) is 46.7 Å². The molecule has 0 aromatic heterocycles. The zero-order valence-electron chi connectivity index (χ0n) is 11.0. The molecule has 15 heavy (non-hydrogen) atoms. The minimum Gasteiger partial charge on any atom is -0.395 e. The molecule has 3 heteroatoms. The number of aliphatic hydroxyl groups is 1. The van der Waals surface area contributed by atoms with Gasteiger partial charge in [-0.3, -0.25) is 4.90 Å². The molecule has 0 fully saturated rings. The average molecular weight is 216 g/mol. The Kier molecular flexibility index (Phi) is 8.02. The van der Waals surface area contributed by atoms with Crippen molar-refractivity contribution in [1.29, 1.82) is 0 Å². The maximum Gasteiger partial charge on any atom is 0.0597 e. The zero-order valence-corrected chi connectivity index (χ0v) is 11.0. The summed E-state index contributed by atoms with van der Waals surface area (Å²) in [5.41, 5.74) is 0. The van der Waals surface area contributed by atoms with Gasteiger partial charge in [-0.2, -0.15) is 0 Å². The van der Waals surface area contributed by atoms with Gasteiger partial charge in [-0.25, -0.2) is 0 Å². The third kappa shape index (κ3) is 6.88. The lowest BCUT2D eigenvalue weighted by atomic mass is 10.1. The first-order valence-electron chi connectivity index (χ1n) is 6.09. The summed E-state index contributed by atoms with van der Waals surface area (Å²) < 4.78 is 0. The summed E-state index contributed by atoms with van der Waals surface area (Å²) in [6, 6.07) is 0.747. The van der Waals surface area contributed by atoms with Crippen LogP contribution in [0, 0.1) is 5.92 Å². The molecule has 0 spiro atoms. The van der Waals surface area contributed by atoms with E-state index in [1.54, 1.807) is 0 Å². The monoisotopic (exact) mass is 216 g/mol. The molecule has 0 aromatic rings. The van der Waals surface area contributed by atoms with Crippen LogP contribution in [0.4, 0.5) is 0 Å². The first kappa shape index (κ1) is 14.9. The smallest absolute Gasteiger partial charge is 0.0597 e. The van der Waals surface area contributed by atoms with E-state index in [-0.39, 0.29) is 12.6 Å². The maximum absolute atomic E-state index is 9.23. The Morgan fingerprint density at radius 1 is 1.13 bits per heavy atom. The molecule has 0 heterocycles. The Morgan fingerprint density at radius 2 is 1.73 bits per heavy atom. The van der Waals surface area contributed by atoms with Crippen LogP contribution in [-0.4, -0.2) is 48.3 Å². The van der Waals surface area contributed by atoms with Crippen LogP contribution in [0.5, 0.6) is 0 Å². The molecule has 0 aliphatic heterocycles. The normalized spacial score (nSPS) is 14.2. The number of rotatable bonds is 8. The highest BCUT2D eigenvalue weighted by atomic mass is 16.3. The zero-order chi connectivity index (χ0) is 11.8. The number of likely N-dealkylation sites (N-methyl/N-ethyl adjacent to an activating group) is 1. The van der Waals surface area contributed by atoms with Gasteiger partial charge in [-0.15, -0.1) is 0 Å². The van der Waals surface area contributed by atoms with E-state index in [1.807, 2.05) is 0 Å². The second kappa shape index (κ2) is 8.08. The summed E-state index contributed by atoms with van der Waals surface area (Å²) in [6.07, 6.45) is 0. The fraction of sp³-hybridized carbons (Fsp3) is 1.00. The molecule has 0 aliphatic rings. The summed E-state index contributed by atoms with van der Waals surface area (Å²) >= 11 is 0. The van der Waals surface area contributed by atoms with Gasteiger partial charge in [0.25, 0.3) is 0 Å². The van der Waals surface area contributed by atoms with E-state index in [9.17, 15) is 5.11 Å². The van der Waals surface area contributed by atoms with E-state index in [1.165, 1.54) is 0 Å². The van der Waals surface area contributed by atoms with Crippen molar-refractivity contribution in [3.05, 3.63) is 0 Å². The maximum atomic E-state index is 9.23. The second-order valence-corrected chi connectivity index (χ2v) is 4.88. The Labute approximate surface area is 94.9 Å². The van der Waals surface area contributed by atoms with Gasteiger partial charge in [0.2, 0.25) is 0 Å². The number of hydrogen-bond donors (Lipinski definition) is 2. The standard InChI is InChI=1S/C12H28N2O/c1-6-13-12(9-15)8-14(11(4)5)7-10(2)3/h10-13,15H,6-9H2,1-5H3. The van der Waals surface area contributed by atoms with E-state index in [0.29, 0.717) is 12.0 Å². The van der Waals surface area contributed by atoms with E-state index < -0.39 is 0 Å². The van der Waals surface area contributed by atoms with Crippen LogP contribution in [0.25, 0.3) is 0 Å². The lowest BCUT2D eigenvalue weighted by molar-refractivity contribution is 0.145.